The Balaban J connectivity index is 2.16. The van der Waals surface area contributed by atoms with E-state index < -0.39 is 12.2 Å². The van der Waals surface area contributed by atoms with Crippen LogP contribution in [0.1, 0.15) is 18.1 Å². The molecular formula is C12H14O2. The fraction of sp³-hybridized carbons (Fsp3) is 0.333. The maximum absolute atomic E-state index is 9.98. The fourth-order valence-corrected chi connectivity index (χ4v) is 1.85. The van der Waals surface area contributed by atoms with Crippen molar-refractivity contribution in [1.82, 2.24) is 0 Å². The summed E-state index contributed by atoms with van der Waals surface area (Å²) >= 11 is 0. The van der Waals surface area contributed by atoms with Crippen molar-refractivity contribution in [2.24, 2.45) is 5.92 Å². The minimum absolute atomic E-state index is 0.155. The average Bonchev–Trinajstić information content (AvgIpc) is 2.65. The topological polar surface area (TPSA) is 40.5 Å². The molecule has 0 amide bonds. The molecule has 0 saturated carbocycles. The van der Waals surface area contributed by atoms with Crippen molar-refractivity contribution in [3.63, 3.8) is 0 Å². The number of rotatable bonds is 2. The number of hydrogen-bond acceptors (Lipinski definition) is 2. The molecule has 2 heteroatoms. The van der Waals surface area contributed by atoms with E-state index in [0.717, 1.165) is 5.56 Å². The van der Waals surface area contributed by atoms with E-state index in [0.29, 0.717) is 6.42 Å². The fourth-order valence-electron chi connectivity index (χ4n) is 1.85. The molecule has 1 aliphatic rings. The Labute approximate surface area is 83.5 Å². The third kappa shape index (κ3) is 1.72. The first-order valence-electron chi connectivity index (χ1n) is 4.87. The van der Waals surface area contributed by atoms with Crippen molar-refractivity contribution in [2.45, 2.75) is 18.6 Å². The molecule has 14 heavy (non-hydrogen) atoms. The number of aliphatic hydroxyl groups is 2. The van der Waals surface area contributed by atoms with Gasteiger partial charge in [-0.2, -0.15) is 0 Å². The Morgan fingerprint density at radius 3 is 2.50 bits per heavy atom. The van der Waals surface area contributed by atoms with E-state index in [4.69, 9.17) is 0 Å². The molecule has 1 aromatic rings. The van der Waals surface area contributed by atoms with Gasteiger partial charge in [0.1, 0.15) is 0 Å². The first kappa shape index (κ1) is 9.44. The predicted octanol–water partition coefficient (Wildman–Crippen LogP) is 1.66. The molecule has 0 radical (unpaired) electrons. The largest absolute Gasteiger partial charge is 0.392 e. The summed E-state index contributed by atoms with van der Waals surface area (Å²) in [5.74, 6) is -0.155. The molecule has 1 aromatic carbocycles. The number of benzene rings is 1. The summed E-state index contributed by atoms with van der Waals surface area (Å²) in [4.78, 5) is 0. The SMILES string of the molecule is O[C@@H]1CC=C[C@@H]1[C@H](O)c1ccccc1. The third-order valence-electron chi connectivity index (χ3n) is 2.69. The lowest BCUT2D eigenvalue weighted by molar-refractivity contribution is 0.0456. The first-order chi connectivity index (χ1) is 6.79. The molecule has 0 aliphatic heterocycles. The maximum Gasteiger partial charge on any atom is 0.0877 e. The summed E-state index contributed by atoms with van der Waals surface area (Å²) in [6.07, 6.45) is 3.42. The van der Waals surface area contributed by atoms with Gasteiger partial charge in [-0.25, -0.2) is 0 Å². The van der Waals surface area contributed by atoms with Crippen LogP contribution < -0.4 is 0 Å². The van der Waals surface area contributed by atoms with Gasteiger partial charge < -0.3 is 10.2 Å². The van der Waals surface area contributed by atoms with Crippen LogP contribution in [-0.4, -0.2) is 16.3 Å². The molecular weight excluding hydrogens is 176 g/mol. The lowest BCUT2D eigenvalue weighted by atomic mass is 9.93. The van der Waals surface area contributed by atoms with Gasteiger partial charge in [0.25, 0.3) is 0 Å². The summed E-state index contributed by atoms with van der Waals surface area (Å²) < 4.78 is 0. The molecule has 0 unspecified atom stereocenters. The zero-order valence-electron chi connectivity index (χ0n) is 7.88. The van der Waals surface area contributed by atoms with Crippen molar-refractivity contribution in [1.29, 1.82) is 0 Å². The van der Waals surface area contributed by atoms with E-state index in [2.05, 4.69) is 0 Å². The van der Waals surface area contributed by atoms with Gasteiger partial charge in [-0.05, 0) is 12.0 Å². The van der Waals surface area contributed by atoms with Gasteiger partial charge in [-0.1, -0.05) is 42.5 Å². The molecule has 0 fully saturated rings. The number of hydrogen-bond donors (Lipinski definition) is 2. The van der Waals surface area contributed by atoms with Crippen LogP contribution >= 0.6 is 0 Å². The molecule has 0 saturated heterocycles. The second kappa shape index (κ2) is 3.95. The summed E-state index contributed by atoms with van der Waals surface area (Å²) in [5.41, 5.74) is 0.864. The summed E-state index contributed by atoms with van der Waals surface area (Å²) in [6.45, 7) is 0. The van der Waals surface area contributed by atoms with Crippen LogP contribution in [0, 0.1) is 5.92 Å². The lowest BCUT2D eigenvalue weighted by Crippen LogP contribution is -2.21. The molecule has 74 valence electrons. The second-order valence-corrected chi connectivity index (χ2v) is 3.66. The van der Waals surface area contributed by atoms with Gasteiger partial charge in [-0.3, -0.25) is 0 Å². The quantitative estimate of drug-likeness (QED) is 0.696. The molecule has 1 aliphatic carbocycles. The Morgan fingerprint density at radius 2 is 1.93 bits per heavy atom. The molecule has 2 N–H and O–H groups in total. The van der Waals surface area contributed by atoms with Crippen molar-refractivity contribution >= 4 is 0 Å². The molecule has 3 atom stereocenters. The maximum atomic E-state index is 9.98. The van der Waals surface area contributed by atoms with E-state index in [1.807, 2.05) is 42.5 Å². The smallest absolute Gasteiger partial charge is 0.0877 e. The zero-order chi connectivity index (χ0) is 9.97. The third-order valence-corrected chi connectivity index (χ3v) is 2.69. The minimum Gasteiger partial charge on any atom is -0.392 e. The van der Waals surface area contributed by atoms with Gasteiger partial charge in [0.15, 0.2) is 0 Å². The van der Waals surface area contributed by atoms with Crippen LogP contribution in [0.2, 0.25) is 0 Å². The monoisotopic (exact) mass is 190 g/mol. The highest BCUT2D eigenvalue weighted by Crippen LogP contribution is 2.30. The highest BCUT2D eigenvalue weighted by atomic mass is 16.3. The highest BCUT2D eigenvalue weighted by molar-refractivity contribution is 5.21. The van der Waals surface area contributed by atoms with E-state index in [-0.39, 0.29) is 5.92 Å². The predicted molar refractivity (Wildman–Crippen MR) is 54.7 cm³/mol. The molecule has 0 spiro atoms. The van der Waals surface area contributed by atoms with Crippen molar-refractivity contribution in [3.05, 3.63) is 48.0 Å². The van der Waals surface area contributed by atoms with Gasteiger partial charge >= 0.3 is 0 Å². The molecule has 2 nitrogen and oxygen atoms in total. The average molecular weight is 190 g/mol. The zero-order valence-corrected chi connectivity index (χ0v) is 7.88. The van der Waals surface area contributed by atoms with E-state index >= 15 is 0 Å². The van der Waals surface area contributed by atoms with Gasteiger partial charge in [0, 0.05) is 5.92 Å². The van der Waals surface area contributed by atoms with Gasteiger partial charge in [0.2, 0.25) is 0 Å². The van der Waals surface area contributed by atoms with E-state index in [1.165, 1.54) is 0 Å². The van der Waals surface area contributed by atoms with Gasteiger partial charge in [-0.15, -0.1) is 0 Å². The van der Waals surface area contributed by atoms with Crippen LogP contribution in [0.3, 0.4) is 0 Å². The van der Waals surface area contributed by atoms with Crippen LogP contribution in [0.25, 0.3) is 0 Å². The normalized spacial score (nSPS) is 27.9. The number of aliphatic hydroxyl groups excluding tert-OH is 2. The second-order valence-electron chi connectivity index (χ2n) is 3.66. The van der Waals surface area contributed by atoms with Crippen molar-refractivity contribution < 1.29 is 10.2 Å². The molecule has 0 bridgehead atoms. The Hall–Kier alpha value is -1.12. The Kier molecular flexibility index (Phi) is 2.66. The summed E-state index contributed by atoms with van der Waals surface area (Å²) in [7, 11) is 0. The van der Waals surface area contributed by atoms with E-state index in [9.17, 15) is 10.2 Å². The lowest BCUT2D eigenvalue weighted by Gasteiger charge is -2.20. The van der Waals surface area contributed by atoms with Crippen LogP contribution in [0.4, 0.5) is 0 Å². The van der Waals surface area contributed by atoms with Crippen molar-refractivity contribution in [2.75, 3.05) is 0 Å². The van der Waals surface area contributed by atoms with Crippen LogP contribution in [0.5, 0.6) is 0 Å². The first-order valence-corrected chi connectivity index (χ1v) is 4.87. The molecule has 2 rings (SSSR count). The molecule has 0 aromatic heterocycles. The standard InChI is InChI=1S/C12H14O2/c13-11-8-4-7-10(11)12(14)9-5-2-1-3-6-9/h1-7,10-14H,8H2/t10-,11+,12+/m0/s1. The summed E-state index contributed by atoms with van der Waals surface area (Å²) in [5, 5.41) is 19.6. The Morgan fingerprint density at radius 1 is 1.21 bits per heavy atom. The minimum atomic E-state index is -0.593. The van der Waals surface area contributed by atoms with Crippen LogP contribution in [0.15, 0.2) is 42.5 Å². The van der Waals surface area contributed by atoms with Gasteiger partial charge in [0.05, 0.1) is 12.2 Å². The molecule has 0 heterocycles. The van der Waals surface area contributed by atoms with Crippen LogP contribution in [-0.2, 0) is 0 Å². The Bertz CT molecular complexity index is 318. The highest BCUT2D eigenvalue weighted by Gasteiger charge is 2.28. The van der Waals surface area contributed by atoms with E-state index in [1.54, 1.807) is 0 Å². The summed E-state index contributed by atoms with van der Waals surface area (Å²) in [6, 6.07) is 9.46. The van der Waals surface area contributed by atoms with Crippen molar-refractivity contribution in [3.8, 4) is 0 Å².